The van der Waals surface area contributed by atoms with Gasteiger partial charge >= 0.3 is 12.3 Å². The number of hydrogen-bond donors (Lipinski definition) is 0. The standard InChI is InChI=1S/C32H33F3N4O4/c1-31(2,3)43-30(41)39-27-7-5-4-6-26(27)36-28(39)21-42-25-14-10-23(11-15-25)29(40)38-18-16-37(17-19-38)20-22-8-12-24(13-9-22)32(33,34)35/h4-15H,16-21H2,1-3H3. The van der Waals surface area contributed by atoms with Crippen LogP contribution in [0.25, 0.3) is 11.0 Å². The van der Waals surface area contributed by atoms with Crippen molar-refractivity contribution in [1.29, 1.82) is 0 Å². The maximum atomic E-state index is 13.1. The van der Waals surface area contributed by atoms with E-state index in [0.29, 0.717) is 60.9 Å². The highest BCUT2D eigenvalue weighted by molar-refractivity contribution is 5.94. The quantitative estimate of drug-likeness (QED) is 0.258. The molecule has 0 radical (unpaired) electrons. The Kier molecular flexibility index (Phi) is 8.45. The van der Waals surface area contributed by atoms with Crippen molar-refractivity contribution in [1.82, 2.24) is 19.4 Å². The van der Waals surface area contributed by atoms with E-state index < -0.39 is 23.4 Å². The summed E-state index contributed by atoms with van der Waals surface area (Å²) in [4.78, 5) is 34.5. The number of halogens is 3. The van der Waals surface area contributed by atoms with Crippen molar-refractivity contribution in [2.45, 2.75) is 45.7 Å². The van der Waals surface area contributed by atoms with E-state index in [1.54, 1.807) is 56.0 Å². The maximum absolute atomic E-state index is 13.1. The minimum atomic E-state index is -4.35. The summed E-state index contributed by atoms with van der Waals surface area (Å²) < 4.78 is 51.4. The van der Waals surface area contributed by atoms with Gasteiger partial charge in [-0.2, -0.15) is 13.2 Å². The van der Waals surface area contributed by atoms with E-state index in [1.165, 1.54) is 16.7 Å². The zero-order valence-corrected chi connectivity index (χ0v) is 24.2. The lowest BCUT2D eigenvalue weighted by atomic mass is 10.1. The lowest BCUT2D eigenvalue weighted by Crippen LogP contribution is -2.48. The minimum absolute atomic E-state index is 0.0160. The molecule has 11 heteroatoms. The Labute approximate surface area is 247 Å². The van der Waals surface area contributed by atoms with Crippen molar-refractivity contribution in [2.24, 2.45) is 0 Å². The van der Waals surface area contributed by atoms with Crippen LogP contribution in [0.1, 0.15) is 48.1 Å². The number of fused-ring (bicyclic) bond motifs is 1. The number of imidazole rings is 1. The molecule has 0 spiro atoms. The van der Waals surface area contributed by atoms with Crippen LogP contribution in [0.5, 0.6) is 5.75 Å². The van der Waals surface area contributed by atoms with E-state index in [-0.39, 0.29) is 12.5 Å². The van der Waals surface area contributed by atoms with Gasteiger partial charge in [0.05, 0.1) is 16.6 Å². The molecular weight excluding hydrogens is 561 g/mol. The van der Waals surface area contributed by atoms with Gasteiger partial charge in [0.25, 0.3) is 5.91 Å². The number of carbonyl (C=O) groups is 2. The minimum Gasteiger partial charge on any atom is -0.486 e. The number of aromatic nitrogens is 2. The first-order valence-corrected chi connectivity index (χ1v) is 14.0. The Morgan fingerprint density at radius 1 is 0.860 bits per heavy atom. The van der Waals surface area contributed by atoms with Gasteiger partial charge in [0.2, 0.25) is 0 Å². The molecule has 1 fully saturated rings. The Morgan fingerprint density at radius 2 is 1.51 bits per heavy atom. The first kappa shape index (κ1) is 30.1. The van der Waals surface area contributed by atoms with E-state index in [0.717, 1.165) is 17.7 Å². The number of rotatable bonds is 6. The number of alkyl halides is 3. The average Bonchev–Trinajstić information content (AvgIpc) is 3.34. The Hall–Kier alpha value is -4.38. The number of amides is 1. The molecule has 0 bridgehead atoms. The smallest absolute Gasteiger partial charge is 0.420 e. The van der Waals surface area contributed by atoms with Crippen LogP contribution in [0, 0.1) is 0 Å². The van der Waals surface area contributed by atoms with Gasteiger partial charge in [-0.1, -0.05) is 24.3 Å². The molecule has 0 saturated carbocycles. The molecule has 43 heavy (non-hydrogen) atoms. The summed E-state index contributed by atoms with van der Waals surface area (Å²) in [5.41, 5.74) is 1.24. The van der Waals surface area contributed by atoms with Crippen LogP contribution in [0.15, 0.2) is 72.8 Å². The van der Waals surface area contributed by atoms with Crippen molar-refractivity contribution in [3.63, 3.8) is 0 Å². The molecule has 0 unspecified atom stereocenters. The normalized spacial score (nSPS) is 14.6. The number of nitrogens with zero attached hydrogens (tertiary/aromatic N) is 4. The highest BCUT2D eigenvalue weighted by Gasteiger charge is 2.30. The summed E-state index contributed by atoms with van der Waals surface area (Å²) in [7, 11) is 0. The maximum Gasteiger partial charge on any atom is 0.420 e. The molecule has 1 saturated heterocycles. The number of para-hydroxylation sites is 2. The first-order chi connectivity index (χ1) is 20.4. The van der Waals surface area contributed by atoms with Crippen molar-refractivity contribution in [3.8, 4) is 5.75 Å². The fourth-order valence-corrected chi connectivity index (χ4v) is 4.87. The van der Waals surface area contributed by atoms with E-state index in [9.17, 15) is 22.8 Å². The third kappa shape index (κ3) is 7.34. The van der Waals surface area contributed by atoms with Crippen molar-refractivity contribution in [2.75, 3.05) is 26.2 Å². The molecule has 0 atom stereocenters. The molecule has 4 aromatic rings. The van der Waals surface area contributed by atoms with Gasteiger partial charge < -0.3 is 14.4 Å². The van der Waals surface area contributed by atoms with E-state index in [1.807, 2.05) is 18.2 Å². The van der Waals surface area contributed by atoms with Gasteiger partial charge in [-0.05, 0) is 74.9 Å². The zero-order valence-electron chi connectivity index (χ0n) is 24.2. The summed E-state index contributed by atoms with van der Waals surface area (Å²) in [6, 6.07) is 19.3. The molecule has 2 heterocycles. The van der Waals surface area contributed by atoms with Crippen LogP contribution < -0.4 is 4.74 Å². The van der Waals surface area contributed by atoms with Crippen LogP contribution in [0.2, 0.25) is 0 Å². The molecular formula is C32H33F3N4O4. The molecule has 1 aliphatic heterocycles. The summed E-state index contributed by atoms with van der Waals surface area (Å²) in [6.07, 6.45) is -4.89. The van der Waals surface area contributed by atoms with Crippen LogP contribution >= 0.6 is 0 Å². The Morgan fingerprint density at radius 3 is 2.14 bits per heavy atom. The first-order valence-electron chi connectivity index (χ1n) is 14.0. The van der Waals surface area contributed by atoms with Crippen LogP contribution in [-0.4, -0.2) is 63.1 Å². The fourth-order valence-electron chi connectivity index (χ4n) is 4.87. The van der Waals surface area contributed by atoms with Gasteiger partial charge in [0.1, 0.15) is 18.0 Å². The highest BCUT2D eigenvalue weighted by Crippen LogP contribution is 2.29. The number of ether oxygens (including phenoxy) is 2. The second kappa shape index (κ2) is 12.1. The third-order valence-electron chi connectivity index (χ3n) is 7.02. The molecule has 1 aliphatic rings. The third-order valence-corrected chi connectivity index (χ3v) is 7.02. The molecule has 0 aliphatic carbocycles. The van der Waals surface area contributed by atoms with E-state index >= 15 is 0 Å². The molecule has 3 aromatic carbocycles. The molecule has 8 nitrogen and oxygen atoms in total. The van der Waals surface area contributed by atoms with Gasteiger partial charge in [-0.15, -0.1) is 0 Å². The lowest BCUT2D eigenvalue weighted by molar-refractivity contribution is -0.137. The summed E-state index contributed by atoms with van der Waals surface area (Å²) in [5, 5.41) is 0. The largest absolute Gasteiger partial charge is 0.486 e. The lowest BCUT2D eigenvalue weighted by Gasteiger charge is -2.34. The van der Waals surface area contributed by atoms with E-state index in [4.69, 9.17) is 9.47 Å². The van der Waals surface area contributed by atoms with E-state index in [2.05, 4.69) is 9.88 Å². The number of benzene rings is 3. The van der Waals surface area contributed by atoms with Crippen molar-refractivity contribution >= 4 is 23.0 Å². The summed E-state index contributed by atoms with van der Waals surface area (Å²) in [6.45, 7) is 8.19. The van der Waals surface area contributed by atoms with Crippen molar-refractivity contribution in [3.05, 3.63) is 95.3 Å². The van der Waals surface area contributed by atoms with Gasteiger partial charge in [-0.3, -0.25) is 9.69 Å². The van der Waals surface area contributed by atoms with Crippen LogP contribution in [0.4, 0.5) is 18.0 Å². The number of hydrogen-bond acceptors (Lipinski definition) is 6. The van der Waals surface area contributed by atoms with Gasteiger partial charge in [0.15, 0.2) is 5.82 Å². The monoisotopic (exact) mass is 594 g/mol. The Bertz CT molecular complexity index is 1580. The molecule has 226 valence electrons. The summed E-state index contributed by atoms with van der Waals surface area (Å²) in [5.74, 6) is 0.804. The zero-order chi connectivity index (χ0) is 30.8. The average molecular weight is 595 g/mol. The topological polar surface area (TPSA) is 76.9 Å². The molecule has 1 amide bonds. The number of piperazine rings is 1. The number of carbonyl (C=O) groups excluding carboxylic acids is 2. The molecule has 0 N–H and O–H groups in total. The predicted molar refractivity (Wildman–Crippen MR) is 155 cm³/mol. The summed E-state index contributed by atoms with van der Waals surface area (Å²) >= 11 is 0. The Balaban J connectivity index is 1.16. The van der Waals surface area contributed by atoms with Gasteiger partial charge in [0, 0.05) is 38.3 Å². The highest BCUT2D eigenvalue weighted by atomic mass is 19.4. The second-order valence-corrected chi connectivity index (χ2v) is 11.4. The molecule has 1 aromatic heterocycles. The second-order valence-electron chi connectivity index (χ2n) is 11.4. The molecule has 5 rings (SSSR count). The fraction of sp³-hybridized carbons (Fsp3) is 0.344. The van der Waals surface area contributed by atoms with Crippen molar-refractivity contribution < 1.29 is 32.2 Å². The predicted octanol–water partition coefficient (Wildman–Crippen LogP) is 6.38. The SMILES string of the molecule is CC(C)(C)OC(=O)n1c(COc2ccc(C(=O)N3CCN(Cc4ccc(C(F)(F)F)cc4)CC3)cc2)nc2ccccc21. The van der Waals surface area contributed by atoms with Gasteiger partial charge in [-0.25, -0.2) is 14.3 Å². The van der Waals surface area contributed by atoms with Crippen LogP contribution in [-0.2, 0) is 24.1 Å². The van der Waals surface area contributed by atoms with Crippen LogP contribution in [0.3, 0.4) is 0 Å².